The van der Waals surface area contributed by atoms with Gasteiger partial charge in [-0.15, -0.1) is 0 Å². The molecule has 0 fully saturated rings. The lowest BCUT2D eigenvalue weighted by molar-refractivity contribution is 0.643. The van der Waals surface area contributed by atoms with E-state index < -0.39 is 5.82 Å². The lowest BCUT2D eigenvalue weighted by Crippen LogP contribution is -1.98. The molecule has 0 bridgehead atoms. The predicted octanol–water partition coefficient (Wildman–Crippen LogP) is 6.85. The first-order valence-corrected chi connectivity index (χ1v) is 12.5. The second-order valence-corrected chi connectivity index (χ2v) is 9.24. The number of anilines is 1. The molecule has 7 aromatic rings. The van der Waals surface area contributed by atoms with Crippen molar-refractivity contribution in [3.63, 3.8) is 0 Å². The van der Waals surface area contributed by atoms with E-state index in [1.165, 1.54) is 0 Å². The second kappa shape index (κ2) is 9.55. The SMILES string of the molecule is C=C(Nc1cncc(-c2ccc3[nH]nc(-c4nc5c(-c6cccnc6)nccc5[nH]4)c3c2F)c1)c1ccccc1. The van der Waals surface area contributed by atoms with Gasteiger partial charge in [-0.05, 0) is 42.0 Å². The van der Waals surface area contributed by atoms with E-state index in [0.29, 0.717) is 50.4 Å². The second-order valence-electron chi connectivity index (χ2n) is 9.24. The van der Waals surface area contributed by atoms with Crippen molar-refractivity contribution in [3.05, 3.63) is 116 Å². The van der Waals surface area contributed by atoms with Crippen LogP contribution in [0, 0.1) is 5.82 Å². The fraction of sp³-hybridized carbons (Fsp3) is 0. The Morgan fingerprint density at radius 3 is 2.55 bits per heavy atom. The zero-order valence-corrected chi connectivity index (χ0v) is 21.1. The molecule has 3 N–H and O–H groups in total. The van der Waals surface area contributed by atoms with Crippen LogP contribution in [0.1, 0.15) is 5.56 Å². The van der Waals surface area contributed by atoms with Crippen molar-refractivity contribution in [3.8, 4) is 33.9 Å². The van der Waals surface area contributed by atoms with Crippen LogP contribution in [0.15, 0.2) is 104 Å². The van der Waals surface area contributed by atoms with E-state index >= 15 is 4.39 Å². The number of rotatable bonds is 6. The van der Waals surface area contributed by atoms with Gasteiger partial charge in [0.2, 0.25) is 0 Å². The van der Waals surface area contributed by atoms with Gasteiger partial charge in [0.1, 0.15) is 17.0 Å². The molecule has 0 amide bonds. The number of fused-ring (bicyclic) bond motifs is 2. The molecule has 0 aliphatic rings. The minimum absolute atomic E-state index is 0.333. The number of H-pyrrole nitrogens is 2. The Morgan fingerprint density at radius 2 is 1.70 bits per heavy atom. The van der Waals surface area contributed by atoms with Crippen molar-refractivity contribution in [2.75, 3.05) is 5.32 Å². The average Bonchev–Trinajstić information content (AvgIpc) is 3.63. The third-order valence-electron chi connectivity index (χ3n) is 6.69. The Labute approximate surface area is 227 Å². The number of pyridine rings is 3. The van der Waals surface area contributed by atoms with Gasteiger partial charge in [0.05, 0.1) is 34.0 Å². The van der Waals surface area contributed by atoms with Gasteiger partial charge in [0.15, 0.2) is 5.82 Å². The van der Waals surface area contributed by atoms with E-state index in [9.17, 15) is 0 Å². The molecule has 0 saturated heterocycles. The number of imidazole rings is 1. The van der Waals surface area contributed by atoms with Crippen molar-refractivity contribution >= 4 is 33.3 Å². The molecule has 2 aromatic carbocycles. The summed E-state index contributed by atoms with van der Waals surface area (Å²) in [6.45, 7) is 4.12. The van der Waals surface area contributed by atoms with Crippen molar-refractivity contribution in [1.29, 1.82) is 0 Å². The number of benzene rings is 2. The fourth-order valence-electron chi connectivity index (χ4n) is 4.77. The third kappa shape index (κ3) is 4.06. The number of hydrogen-bond acceptors (Lipinski definition) is 6. The number of aromatic nitrogens is 7. The molecular weight excluding hydrogens is 503 g/mol. The Morgan fingerprint density at radius 1 is 0.825 bits per heavy atom. The summed E-state index contributed by atoms with van der Waals surface area (Å²) in [7, 11) is 0. The first-order valence-electron chi connectivity index (χ1n) is 12.5. The third-order valence-corrected chi connectivity index (χ3v) is 6.69. The normalized spacial score (nSPS) is 11.2. The lowest BCUT2D eigenvalue weighted by atomic mass is 10.0. The first kappa shape index (κ1) is 23.4. The zero-order chi connectivity index (χ0) is 27.1. The zero-order valence-electron chi connectivity index (χ0n) is 21.1. The van der Waals surface area contributed by atoms with Crippen LogP contribution in [-0.4, -0.2) is 35.1 Å². The molecule has 0 unspecified atom stereocenters. The highest BCUT2D eigenvalue weighted by atomic mass is 19.1. The molecule has 5 aromatic heterocycles. The van der Waals surface area contributed by atoms with Gasteiger partial charge in [-0.1, -0.05) is 36.9 Å². The maximum Gasteiger partial charge on any atom is 0.159 e. The summed E-state index contributed by atoms with van der Waals surface area (Å²) < 4.78 is 16.2. The summed E-state index contributed by atoms with van der Waals surface area (Å²) in [6, 6.07) is 20.7. The summed E-state index contributed by atoms with van der Waals surface area (Å²) >= 11 is 0. The number of nitrogens with one attached hydrogen (secondary N) is 3. The van der Waals surface area contributed by atoms with E-state index in [-0.39, 0.29) is 0 Å². The van der Waals surface area contributed by atoms with Crippen LogP contribution in [0.5, 0.6) is 0 Å². The number of hydrogen-bond donors (Lipinski definition) is 3. The quantitative estimate of drug-likeness (QED) is 0.220. The van der Waals surface area contributed by atoms with E-state index in [0.717, 1.165) is 22.3 Å². The van der Waals surface area contributed by atoms with E-state index in [1.54, 1.807) is 43.1 Å². The first-order chi connectivity index (χ1) is 19.7. The van der Waals surface area contributed by atoms with Gasteiger partial charge < -0.3 is 10.3 Å². The number of halogens is 1. The van der Waals surface area contributed by atoms with Crippen molar-refractivity contribution in [2.45, 2.75) is 0 Å². The number of aromatic amines is 2. The standard InChI is InChI=1S/C31H21FN8/c1-18(19-6-3-2-4-7-19)36-22-14-21(16-34-17-22)23-9-10-24-26(27(23)32)30(40-39-24)31-37-25-11-13-35-28(29(25)38-31)20-8-5-12-33-15-20/h2-17,36H,1H2,(H,37,38)(H,39,40). The van der Waals surface area contributed by atoms with Crippen LogP contribution >= 0.6 is 0 Å². The summed E-state index contributed by atoms with van der Waals surface area (Å²) in [4.78, 5) is 21.1. The Hall–Kier alpha value is -5.70. The maximum absolute atomic E-state index is 16.2. The van der Waals surface area contributed by atoms with Crippen LogP contribution in [-0.2, 0) is 0 Å². The van der Waals surface area contributed by atoms with E-state index in [2.05, 4.69) is 42.0 Å². The van der Waals surface area contributed by atoms with Gasteiger partial charge in [-0.2, -0.15) is 5.10 Å². The number of nitrogens with zero attached hydrogens (tertiary/aromatic N) is 5. The van der Waals surface area contributed by atoms with Gasteiger partial charge in [0, 0.05) is 47.2 Å². The molecule has 0 aliphatic carbocycles. The summed E-state index contributed by atoms with van der Waals surface area (Å²) in [5.74, 6) is 0.0105. The Kier molecular flexibility index (Phi) is 5.59. The topological polar surface area (TPSA) is 108 Å². The van der Waals surface area contributed by atoms with Gasteiger partial charge >= 0.3 is 0 Å². The Bertz CT molecular complexity index is 2010. The molecule has 0 spiro atoms. The van der Waals surface area contributed by atoms with Gasteiger partial charge in [-0.3, -0.25) is 20.1 Å². The monoisotopic (exact) mass is 524 g/mol. The fourth-order valence-corrected chi connectivity index (χ4v) is 4.77. The van der Waals surface area contributed by atoms with Crippen LogP contribution in [0.4, 0.5) is 10.1 Å². The molecule has 7 rings (SSSR count). The molecule has 0 aliphatic heterocycles. The lowest BCUT2D eigenvalue weighted by Gasteiger charge is -2.11. The minimum Gasteiger partial charge on any atom is -0.354 e. The summed E-state index contributed by atoms with van der Waals surface area (Å²) in [6.07, 6.45) is 8.45. The molecule has 5 heterocycles. The average molecular weight is 525 g/mol. The molecule has 0 atom stereocenters. The minimum atomic E-state index is -0.423. The van der Waals surface area contributed by atoms with Crippen molar-refractivity contribution < 1.29 is 4.39 Å². The summed E-state index contributed by atoms with van der Waals surface area (Å²) in [5, 5.41) is 11.0. The van der Waals surface area contributed by atoms with Crippen LogP contribution < -0.4 is 5.32 Å². The van der Waals surface area contributed by atoms with Crippen LogP contribution in [0.25, 0.3) is 61.5 Å². The maximum atomic E-state index is 16.2. The Balaban J connectivity index is 1.29. The molecule has 0 radical (unpaired) electrons. The molecule has 192 valence electrons. The van der Waals surface area contributed by atoms with Crippen molar-refractivity contribution in [1.82, 2.24) is 35.1 Å². The molecule has 8 nitrogen and oxygen atoms in total. The molecule has 9 heteroatoms. The van der Waals surface area contributed by atoms with E-state index in [4.69, 9.17) is 4.98 Å². The largest absolute Gasteiger partial charge is 0.354 e. The highest BCUT2D eigenvalue weighted by Crippen LogP contribution is 2.35. The smallest absolute Gasteiger partial charge is 0.159 e. The highest BCUT2D eigenvalue weighted by Gasteiger charge is 2.21. The molecule has 40 heavy (non-hydrogen) atoms. The summed E-state index contributed by atoms with van der Waals surface area (Å²) in [5.41, 5.74) is 7.25. The predicted molar refractivity (Wildman–Crippen MR) is 154 cm³/mol. The molecular formula is C31H21FN8. The van der Waals surface area contributed by atoms with E-state index in [1.807, 2.05) is 54.6 Å². The van der Waals surface area contributed by atoms with Crippen LogP contribution in [0.2, 0.25) is 0 Å². The highest BCUT2D eigenvalue weighted by molar-refractivity contribution is 5.98. The van der Waals surface area contributed by atoms with Gasteiger partial charge in [-0.25, -0.2) is 9.37 Å². The van der Waals surface area contributed by atoms with Crippen molar-refractivity contribution in [2.24, 2.45) is 0 Å². The molecule has 0 saturated carbocycles. The van der Waals surface area contributed by atoms with Gasteiger partial charge in [0.25, 0.3) is 0 Å². The van der Waals surface area contributed by atoms with Crippen LogP contribution in [0.3, 0.4) is 0 Å².